The van der Waals surface area contributed by atoms with Crippen molar-refractivity contribution in [1.82, 2.24) is 19.8 Å². The number of aromatic amines is 1. The zero-order valence-corrected chi connectivity index (χ0v) is 16.2. The highest BCUT2D eigenvalue weighted by Gasteiger charge is 2.20. The molecule has 1 aliphatic rings. The zero-order chi connectivity index (χ0) is 19.2. The molecule has 0 spiro atoms. The Kier molecular flexibility index (Phi) is 6.27. The molecule has 0 aliphatic carbocycles. The number of pyridine rings is 1. The molecule has 6 nitrogen and oxygen atoms in total. The quantitative estimate of drug-likeness (QED) is 0.816. The summed E-state index contributed by atoms with van der Waals surface area (Å²) in [7, 11) is 0. The molecule has 0 radical (unpaired) electrons. The van der Waals surface area contributed by atoms with Gasteiger partial charge in [0, 0.05) is 62.4 Å². The first-order valence-electron chi connectivity index (χ1n) is 9.81. The van der Waals surface area contributed by atoms with Crippen LogP contribution in [-0.2, 0) is 9.59 Å². The number of carbonyl (C=O) groups excluding carboxylic acids is 2. The third-order valence-corrected chi connectivity index (χ3v) is 5.26. The minimum absolute atomic E-state index is 0.137. The second-order valence-electron chi connectivity index (χ2n) is 6.84. The van der Waals surface area contributed by atoms with Crippen LogP contribution in [0.1, 0.15) is 45.1 Å². The molecule has 0 unspecified atom stereocenters. The van der Waals surface area contributed by atoms with Crippen molar-refractivity contribution in [3.05, 3.63) is 36.2 Å². The average molecular weight is 368 g/mol. The fraction of sp³-hybridized carbons (Fsp3) is 0.476. The van der Waals surface area contributed by atoms with E-state index in [1.54, 1.807) is 6.20 Å². The third kappa shape index (κ3) is 4.38. The van der Waals surface area contributed by atoms with Gasteiger partial charge in [-0.25, -0.2) is 4.98 Å². The zero-order valence-electron chi connectivity index (χ0n) is 16.2. The number of fused-ring (bicyclic) bond motifs is 1. The lowest BCUT2D eigenvalue weighted by atomic mass is 9.99. The van der Waals surface area contributed by atoms with E-state index in [4.69, 9.17) is 0 Å². The van der Waals surface area contributed by atoms with E-state index in [0.717, 1.165) is 37.1 Å². The molecule has 0 saturated heterocycles. The maximum absolute atomic E-state index is 12.4. The summed E-state index contributed by atoms with van der Waals surface area (Å²) in [5.74, 6) is 0.278. The van der Waals surface area contributed by atoms with Gasteiger partial charge in [-0.2, -0.15) is 0 Å². The standard InChI is InChI=1S/C21H28N4O2/c1-3-24(4-2)19(26)8-5-9-20(27)25-13-10-16(11-14-25)18-15-23-21-17(18)7-6-12-22-21/h6-7,10,12,15H,3-5,8-9,11,13-14H2,1-2H3,(H,22,23). The number of aromatic nitrogens is 2. The van der Waals surface area contributed by atoms with Crippen LogP contribution in [0.25, 0.3) is 16.6 Å². The average Bonchev–Trinajstić information content (AvgIpc) is 3.13. The summed E-state index contributed by atoms with van der Waals surface area (Å²) >= 11 is 0. The van der Waals surface area contributed by atoms with Gasteiger partial charge < -0.3 is 14.8 Å². The molecule has 144 valence electrons. The van der Waals surface area contributed by atoms with Gasteiger partial charge in [-0.3, -0.25) is 9.59 Å². The third-order valence-electron chi connectivity index (χ3n) is 5.26. The molecular weight excluding hydrogens is 340 g/mol. The Morgan fingerprint density at radius 3 is 2.78 bits per heavy atom. The summed E-state index contributed by atoms with van der Waals surface area (Å²) in [4.78, 5) is 35.7. The van der Waals surface area contributed by atoms with Crippen molar-refractivity contribution >= 4 is 28.4 Å². The summed E-state index contributed by atoms with van der Waals surface area (Å²) in [6.45, 7) is 6.77. The molecule has 6 heteroatoms. The highest BCUT2D eigenvalue weighted by molar-refractivity contribution is 5.91. The summed E-state index contributed by atoms with van der Waals surface area (Å²) in [5, 5.41) is 1.12. The van der Waals surface area contributed by atoms with Crippen LogP contribution in [0.15, 0.2) is 30.6 Å². The Balaban J connectivity index is 1.52. The minimum atomic E-state index is 0.137. The van der Waals surface area contributed by atoms with E-state index in [2.05, 4.69) is 22.1 Å². The van der Waals surface area contributed by atoms with Gasteiger partial charge in [0.2, 0.25) is 11.8 Å². The van der Waals surface area contributed by atoms with Gasteiger partial charge in [-0.15, -0.1) is 0 Å². The van der Waals surface area contributed by atoms with E-state index in [-0.39, 0.29) is 11.8 Å². The van der Waals surface area contributed by atoms with Crippen molar-refractivity contribution in [2.75, 3.05) is 26.2 Å². The number of hydrogen-bond donors (Lipinski definition) is 1. The van der Waals surface area contributed by atoms with E-state index in [9.17, 15) is 9.59 Å². The monoisotopic (exact) mass is 368 g/mol. The minimum Gasteiger partial charge on any atom is -0.346 e. The van der Waals surface area contributed by atoms with E-state index < -0.39 is 0 Å². The largest absolute Gasteiger partial charge is 0.346 e. The first kappa shape index (κ1) is 19.1. The van der Waals surface area contributed by atoms with Gasteiger partial charge in [-0.1, -0.05) is 6.08 Å². The Morgan fingerprint density at radius 1 is 1.26 bits per heavy atom. The number of amides is 2. The van der Waals surface area contributed by atoms with Gasteiger partial charge in [0.15, 0.2) is 0 Å². The molecule has 3 rings (SSSR count). The van der Waals surface area contributed by atoms with E-state index in [1.807, 2.05) is 35.9 Å². The number of nitrogens with zero attached hydrogens (tertiary/aromatic N) is 3. The van der Waals surface area contributed by atoms with Crippen molar-refractivity contribution < 1.29 is 9.59 Å². The molecule has 2 aromatic heterocycles. The molecule has 2 amide bonds. The highest BCUT2D eigenvalue weighted by atomic mass is 16.2. The molecule has 27 heavy (non-hydrogen) atoms. The topological polar surface area (TPSA) is 69.3 Å². The van der Waals surface area contributed by atoms with Gasteiger partial charge in [0.05, 0.1) is 0 Å². The predicted octanol–water partition coefficient (Wildman–Crippen LogP) is 3.22. The molecule has 1 N–H and O–H groups in total. The lowest BCUT2D eigenvalue weighted by Crippen LogP contribution is -2.35. The summed E-state index contributed by atoms with van der Waals surface area (Å²) in [6, 6.07) is 4.01. The highest BCUT2D eigenvalue weighted by Crippen LogP contribution is 2.28. The van der Waals surface area contributed by atoms with Crippen LogP contribution in [0.2, 0.25) is 0 Å². The molecule has 0 aromatic carbocycles. The van der Waals surface area contributed by atoms with Crippen molar-refractivity contribution in [2.45, 2.75) is 39.5 Å². The predicted molar refractivity (Wildman–Crippen MR) is 107 cm³/mol. The molecule has 0 saturated carbocycles. The summed E-state index contributed by atoms with van der Waals surface area (Å²) in [6.07, 6.45) is 8.26. The number of rotatable bonds is 7. The number of carbonyl (C=O) groups is 2. The van der Waals surface area contributed by atoms with Crippen LogP contribution in [0.3, 0.4) is 0 Å². The first-order valence-corrected chi connectivity index (χ1v) is 9.81. The number of hydrogen-bond acceptors (Lipinski definition) is 3. The van der Waals surface area contributed by atoms with Gasteiger partial charge in [0.1, 0.15) is 5.65 Å². The lowest BCUT2D eigenvalue weighted by molar-refractivity contribution is -0.132. The maximum atomic E-state index is 12.4. The molecule has 0 bridgehead atoms. The summed E-state index contributed by atoms with van der Waals surface area (Å²) < 4.78 is 0. The van der Waals surface area contributed by atoms with Crippen LogP contribution in [0.4, 0.5) is 0 Å². The molecule has 0 atom stereocenters. The van der Waals surface area contributed by atoms with Crippen molar-refractivity contribution in [3.63, 3.8) is 0 Å². The first-order chi connectivity index (χ1) is 13.1. The van der Waals surface area contributed by atoms with Crippen molar-refractivity contribution in [2.24, 2.45) is 0 Å². The molecule has 3 heterocycles. The maximum Gasteiger partial charge on any atom is 0.222 e. The Labute approximate surface area is 160 Å². The Bertz CT molecular complexity index is 836. The second kappa shape index (κ2) is 8.84. The van der Waals surface area contributed by atoms with Crippen LogP contribution in [-0.4, -0.2) is 57.8 Å². The lowest BCUT2D eigenvalue weighted by Gasteiger charge is -2.26. The normalized spacial score (nSPS) is 14.3. The van der Waals surface area contributed by atoms with Crippen LogP contribution in [0, 0.1) is 0 Å². The van der Waals surface area contributed by atoms with Crippen LogP contribution < -0.4 is 0 Å². The van der Waals surface area contributed by atoms with E-state index in [1.165, 1.54) is 11.1 Å². The van der Waals surface area contributed by atoms with Crippen molar-refractivity contribution in [3.8, 4) is 0 Å². The van der Waals surface area contributed by atoms with Crippen LogP contribution in [0.5, 0.6) is 0 Å². The van der Waals surface area contributed by atoms with Crippen molar-refractivity contribution in [1.29, 1.82) is 0 Å². The van der Waals surface area contributed by atoms with Gasteiger partial charge in [-0.05, 0) is 44.4 Å². The molecule has 2 aromatic rings. The fourth-order valence-electron chi connectivity index (χ4n) is 3.65. The van der Waals surface area contributed by atoms with E-state index >= 15 is 0 Å². The number of nitrogens with one attached hydrogen (secondary N) is 1. The fourth-order valence-corrected chi connectivity index (χ4v) is 3.65. The second-order valence-corrected chi connectivity index (χ2v) is 6.84. The van der Waals surface area contributed by atoms with Gasteiger partial charge in [0.25, 0.3) is 0 Å². The molecule has 0 fully saturated rings. The molecule has 1 aliphatic heterocycles. The number of H-pyrrole nitrogens is 1. The van der Waals surface area contributed by atoms with Crippen LogP contribution >= 0.6 is 0 Å². The Hall–Kier alpha value is -2.63. The smallest absolute Gasteiger partial charge is 0.222 e. The van der Waals surface area contributed by atoms with E-state index in [0.29, 0.717) is 25.8 Å². The summed E-state index contributed by atoms with van der Waals surface area (Å²) in [5.41, 5.74) is 3.33. The SMILES string of the molecule is CCN(CC)C(=O)CCCC(=O)N1CC=C(c2c[nH]c3ncccc23)CC1. The Morgan fingerprint density at radius 2 is 2.07 bits per heavy atom. The van der Waals surface area contributed by atoms with Gasteiger partial charge >= 0.3 is 0 Å². The molecular formula is C21H28N4O2.